The number of nitrogens with one attached hydrogen (secondary N) is 2. The average molecular weight is 363 g/mol. The highest BCUT2D eigenvalue weighted by Crippen LogP contribution is 2.20. The molecular formula is C13H11BrN6O2. The van der Waals surface area contributed by atoms with Gasteiger partial charge < -0.3 is 10.6 Å². The van der Waals surface area contributed by atoms with Crippen LogP contribution in [0.4, 0.5) is 5.69 Å². The van der Waals surface area contributed by atoms with Crippen LogP contribution in [0.25, 0.3) is 0 Å². The number of halogens is 1. The Balaban J connectivity index is 1.80. The first-order valence-electron chi connectivity index (χ1n) is 6.19. The monoisotopic (exact) mass is 362 g/mol. The van der Waals surface area contributed by atoms with Gasteiger partial charge in [0.2, 0.25) is 11.8 Å². The van der Waals surface area contributed by atoms with Gasteiger partial charge in [0.1, 0.15) is 18.9 Å². The van der Waals surface area contributed by atoms with Crippen LogP contribution >= 0.6 is 15.9 Å². The van der Waals surface area contributed by atoms with Gasteiger partial charge in [-0.15, -0.1) is 5.10 Å². The smallest absolute Gasteiger partial charge is 0.252 e. The van der Waals surface area contributed by atoms with E-state index in [1.807, 2.05) is 6.07 Å². The van der Waals surface area contributed by atoms with Crippen molar-refractivity contribution in [2.75, 3.05) is 11.9 Å². The third-order valence-electron chi connectivity index (χ3n) is 2.54. The van der Waals surface area contributed by atoms with Crippen molar-refractivity contribution >= 4 is 33.4 Å². The number of para-hydroxylation sites is 1. The lowest BCUT2D eigenvalue weighted by Gasteiger charge is -2.08. The first-order valence-corrected chi connectivity index (χ1v) is 6.98. The van der Waals surface area contributed by atoms with Crippen molar-refractivity contribution < 1.29 is 9.59 Å². The van der Waals surface area contributed by atoms with E-state index in [0.29, 0.717) is 5.69 Å². The molecule has 0 atom stereocenters. The van der Waals surface area contributed by atoms with Crippen LogP contribution in [-0.4, -0.2) is 33.1 Å². The number of nitriles is 1. The molecule has 22 heavy (non-hydrogen) atoms. The van der Waals surface area contributed by atoms with Gasteiger partial charge in [-0.05, 0) is 28.1 Å². The van der Waals surface area contributed by atoms with Gasteiger partial charge >= 0.3 is 0 Å². The molecule has 2 N–H and O–H groups in total. The van der Waals surface area contributed by atoms with Crippen LogP contribution in [0.5, 0.6) is 0 Å². The zero-order valence-electron chi connectivity index (χ0n) is 11.3. The topological polar surface area (TPSA) is 113 Å². The van der Waals surface area contributed by atoms with E-state index >= 15 is 0 Å². The molecule has 0 saturated carbocycles. The molecule has 1 aromatic carbocycles. The molecule has 0 aliphatic rings. The van der Waals surface area contributed by atoms with Gasteiger partial charge in [-0.2, -0.15) is 5.26 Å². The van der Waals surface area contributed by atoms with E-state index in [1.54, 1.807) is 24.3 Å². The third-order valence-corrected chi connectivity index (χ3v) is 3.23. The summed E-state index contributed by atoms with van der Waals surface area (Å²) in [5.74, 6) is -0.771. The Labute approximate surface area is 134 Å². The minimum absolute atomic E-state index is 0.0144. The number of anilines is 1. The Morgan fingerprint density at radius 1 is 1.32 bits per heavy atom. The Morgan fingerprint density at radius 3 is 2.77 bits per heavy atom. The molecule has 0 fully saturated rings. The summed E-state index contributed by atoms with van der Waals surface area (Å²) < 4.78 is 1.97. The minimum Gasteiger partial charge on any atom is -0.345 e. The Bertz CT molecular complexity index is 736. The maximum Gasteiger partial charge on any atom is 0.252 e. The molecule has 0 bridgehead atoms. The Morgan fingerprint density at radius 2 is 2.09 bits per heavy atom. The van der Waals surface area contributed by atoms with Crippen molar-refractivity contribution in [3.8, 4) is 6.07 Å². The van der Waals surface area contributed by atoms with Crippen LogP contribution in [0, 0.1) is 11.3 Å². The van der Waals surface area contributed by atoms with E-state index in [4.69, 9.17) is 5.26 Å². The van der Waals surface area contributed by atoms with Crippen LogP contribution < -0.4 is 10.6 Å². The summed E-state index contributed by atoms with van der Waals surface area (Å²) in [5, 5.41) is 17.5. The second-order valence-electron chi connectivity index (χ2n) is 4.18. The zero-order chi connectivity index (χ0) is 15.9. The Kier molecular flexibility index (Phi) is 5.21. The number of hydrogen-bond donors (Lipinski definition) is 2. The Hall–Kier alpha value is -2.73. The van der Waals surface area contributed by atoms with Gasteiger partial charge in [-0.3, -0.25) is 9.59 Å². The summed E-state index contributed by atoms with van der Waals surface area (Å²) in [5.41, 5.74) is 0.622. The number of carbonyl (C=O) groups excluding carboxylic acids is 2. The average Bonchev–Trinajstić information content (AvgIpc) is 2.95. The molecule has 112 valence electrons. The third kappa shape index (κ3) is 4.39. The number of carbonyl (C=O) groups is 2. The van der Waals surface area contributed by atoms with E-state index in [1.165, 1.54) is 11.0 Å². The first kappa shape index (κ1) is 15.7. The summed E-state index contributed by atoms with van der Waals surface area (Å²) >= 11 is 3.31. The van der Waals surface area contributed by atoms with Gasteiger partial charge in [0.25, 0.3) is 5.82 Å². The normalized spacial score (nSPS) is 9.82. The van der Waals surface area contributed by atoms with Gasteiger partial charge in [0, 0.05) is 4.47 Å². The van der Waals surface area contributed by atoms with Crippen molar-refractivity contribution in [2.24, 2.45) is 0 Å². The number of hydrogen-bond acceptors (Lipinski definition) is 5. The number of aromatic nitrogens is 3. The molecule has 0 unspecified atom stereocenters. The van der Waals surface area contributed by atoms with Crippen LogP contribution in [0.15, 0.2) is 35.1 Å². The van der Waals surface area contributed by atoms with Gasteiger partial charge in [0.05, 0.1) is 12.2 Å². The second-order valence-corrected chi connectivity index (χ2v) is 5.04. The summed E-state index contributed by atoms with van der Waals surface area (Å²) in [6.45, 7) is -0.281. The summed E-state index contributed by atoms with van der Waals surface area (Å²) in [4.78, 5) is 27.1. The second kappa shape index (κ2) is 7.33. The number of benzene rings is 1. The van der Waals surface area contributed by atoms with Crippen LogP contribution in [0.2, 0.25) is 0 Å². The zero-order valence-corrected chi connectivity index (χ0v) is 12.9. The van der Waals surface area contributed by atoms with E-state index in [0.717, 1.165) is 4.47 Å². The van der Waals surface area contributed by atoms with E-state index in [-0.39, 0.29) is 24.8 Å². The van der Waals surface area contributed by atoms with E-state index in [9.17, 15) is 9.59 Å². The fourth-order valence-corrected chi connectivity index (χ4v) is 1.94. The van der Waals surface area contributed by atoms with Crippen molar-refractivity contribution in [1.82, 2.24) is 20.1 Å². The highest BCUT2D eigenvalue weighted by molar-refractivity contribution is 9.10. The summed E-state index contributed by atoms with van der Waals surface area (Å²) in [6, 6.07) is 8.91. The van der Waals surface area contributed by atoms with Crippen molar-refractivity contribution in [2.45, 2.75) is 6.54 Å². The summed E-state index contributed by atoms with van der Waals surface area (Å²) in [7, 11) is 0. The van der Waals surface area contributed by atoms with E-state index < -0.39 is 5.91 Å². The lowest BCUT2D eigenvalue weighted by atomic mass is 10.3. The maximum absolute atomic E-state index is 11.7. The highest BCUT2D eigenvalue weighted by Gasteiger charge is 2.09. The molecule has 0 saturated heterocycles. The molecule has 8 nitrogen and oxygen atoms in total. The van der Waals surface area contributed by atoms with Crippen molar-refractivity contribution in [3.05, 3.63) is 40.9 Å². The molecular weight excluding hydrogens is 352 g/mol. The minimum atomic E-state index is -0.406. The number of nitrogens with zero attached hydrogens (tertiary/aromatic N) is 4. The largest absolute Gasteiger partial charge is 0.345 e. The standard InChI is InChI=1S/C13H11BrN6O2/c14-9-3-1-2-4-10(9)18-12(21)6-16-13(22)7-20-8-17-11(5-15)19-20/h1-4,8H,6-7H2,(H,16,22)(H,18,21). The highest BCUT2D eigenvalue weighted by atomic mass is 79.9. The van der Waals surface area contributed by atoms with Crippen LogP contribution in [0.3, 0.4) is 0 Å². The van der Waals surface area contributed by atoms with E-state index in [2.05, 4.69) is 36.6 Å². The van der Waals surface area contributed by atoms with Crippen molar-refractivity contribution in [1.29, 1.82) is 5.26 Å². The number of rotatable bonds is 5. The molecule has 0 radical (unpaired) electrons. The lowest BCUT2D eigenvalue weighted by molar-refractivity contribution is -0.124. The molecule has 2 aromatic rings. The number of amides is 2. The fourth-order valence-electron chi connectivity index (χ4n) is 1.56. The summed E-state index contributed by atoms with van der Waals surface area (Å²) in [6.07, 6.45) is 1.28. The van der Waals surface area contributed by atoms with Crippen molar-refractivity contribution in [3.63, 3.8) is 0 Å². The predicted octanol–water partition coefficient (Wildman–Crippen LogP) is 0.667. The van der Waals surface area contributed by atoms with Gasteiger partial charge in [-0.1, -0.05) is 12.1 Å². The fraction of sp³-hybridized carbons (Fsp3) is 0.154. The predicted molar refractivity (Wildman–Crippen MR) is 80.5 cm³/mol. The van der Waals surface area contributed by atoms with Crippen LogP contribution in [-0.2, 0) is 16.1 Å². The molecule has 1 aromatic heterocycles. The quantitative estimate of drug-likeness (QED) is 0.811. The maximum atomic E-state index is 11.7. The SMILES string of the molecule is N#Cc1ncn(CC(=O)NCC(=O)Nc2ccccc2Br)n1. The van der Waals surface area contributed by atoms with Crippen LogP contribution in [0.1, 0.15) is 5.82 Å². The molecule has 9 heteroatoms. The molecule has 2 amide bonds. The first-order chi connectivity index (χ1) is 10.6. The van der Waals surface area contributed by atoms with Gasteiger partial charge in [0.15, 0.2) is 0 Å². The molecule has 0 spiro atoms. The molecule has 0 aliphatic carbocycles. The molecule has 1 heterocycles. The van der Waals surface area contributed by atoms with Gasteiger partial charge in [-0.25, -0.2) is 9.67 Å². The molecule has 0 aliphatic heterocycles. The lowest BCUT2D eigenvalue weighted by Crippen LogP contribution is -2.35. The molecule has 2 rings (SSSR count).